The Kier molecular flexibility index (Phi) is 5.34. The molecule has 102 valence electrons. The highest BCUT2D eigenvalue weighted by Crippen LogP contribution is 2.29. The lowest BCUT2D eigenvalue weighted by Gasteiger charge is -2.31. The van der Waals surface area contributed by atoms with E-state index in [9.17, 15) is 4.79 Å². The normalized spacial score (nSPS) is 11.6. The van der Waals surface area contributed by atoms with Crippen LogP contribution in [0.15, 0.2) is 12.3 Å². The average Bonchev–Trinajstić information content (AvgIpc) is 2.80. The summed E-state index contributed by atoms with van der Waals surface area (Å²) in [5.74, 6) is -0.112. The third-order valence-electron chi connectivity index (χ3n) is 3.82. The average molecular weight is 253 g/mol. The van der Waals surface area contributed by atoms with Crippen molar-refractivity contribution in [1.82, 2.24) is 15.1 Å². The molecule has 1 aromatic rings. The SMILES string of the molecule is CCC(CC)(CCO)CNC(=O)c1ccnn1C. The molecule has 0 aliphatic carbocycles. The lowest BCUT2D eigenvalue weighted by Crippen LogP contribution is -2.38. The summed E-state index contributed by atoms with van der Waals surface area (Å²) in [6.45, 7) is 4.93. The van der Waals surface area contributed by atoms with E-state index in [1.165, 1.54) is 0 Å². The van der Waals surface area contributed by atoms with Crippen LogP contribution in [-0.2, 0) is 7.05 Å². The van der Waals surface area contributed by atoms with Gasteiger partial charge in [0.25, 0.3) is 5.91 Å². The number of hydrogen-bond donors (Lipinski definition) is 2. The summed E-state index contributed by atoms with van der Waals surface area (Å²) in [5.41, 5.74) is 0.545. The van der Waals surface area contributed by atoms with E-state index in [1.54, 1.807) is 24.0 Å². The number of aliphatic hydroxyl groups is 1. The molecule has 0 saturated carbocycles. The number of hydrogen-bond acceptors (Lipinski definition) is 3. The molecule has 1 aromatic heterocycles. The van der Waals surface area contributed by atoms with E-state index in [4.69, 9.17) is 5.11 Å². The molecule has 0 saturated heterocycles. The van der Waals surface area contributed by atoms with Gasteiger partial charge in [-0.2, -0.15) is 5.10 Å². The number of aliphatic hydroxyl groups excluding tert-OH is 1. The van der Waals surface area contributed by atoms with E-state index < -0.39 is 0 Å². The maximum Gasteiger partial charge on any atom is 0.269 e. The van der Waals surface area contributed by atoms with Crippen molar-refractivity contribution in [2.24, 2.45) is 12.5 Å². The van der Waals surface area contributed by atoms with Gasteiger partial charge in [-0.3, -0.25) is 9.48 Å². The molecule has 18 heavy (non-hydrogen) atoms. The molecule has 0 spiro atoms. The second kappa shape index (κ2) is 6.54. The van der Waals surface area contributed by atoms with E-state index >= 15 is 0 Å². The van der Waals surface area contributed by atoms with Crippen molar-refractivity contribution >= 4 is 5.91 Å². The second-order valence-corrected chi connectivity index (χ2v) is 4.70. The van der Waals surface area contributed by atoms with Crippen molar-refractivity contribution in [3.05, 3.63) is 18.0 Å². The van der Waals surface area contributed by atoms with Crippen LogP contribution < -0.4 is 5.32 Å². The topological polar surface area (TPSA) is 67.2 Å². The maximum atomic E-state index is 12.0. The summed E-state index contributed by atoms with van der Waals surface area (Å²) >= 11 is 0. The third-order valence-corrected chi connectivity index (χ3v) is 3.82. The van der Waals surface area contributed by atoms with Gasteiger partial charge in [-0.25, -0.2) is 0 Å². The lowest BCUT2D eigenvalue weighted by atomic mass is 9.79. The largest absolute Gasteiger partial charge is 0.396 e. The molecule has 0 atom stereocenters. The number of nitrogens with one attached hydrogen (secondary N) is 1. The molecule has 0 aliphatic rings. The Morgan fingerprint density at radius 2 is 2.17 bits per heavy atom. The minimum absolute atomic E-state index is 0.0109. The Hall–Kier alpha value is -1.36. The van der Waals surface area contributed by atoms with Crippen LogP contribution in [0.2, 0.25) is 0 Å². The van der Waals surface area contributed by atoms with Crippen LogP contribution >= 0.6 is 0 Å². The molecule has 0 unspecified atom stereocenters. The predicted molar refractivity (Wildman–Crippen MR) is 70.3 cm³/mol. The standard InChI is InChI=1S/C13H23N3O2/c1-4-13(5-2,7-9-17)10-14-12(18)11-6-8-15-16(11)3/h6,8,17H,4-5,7,9-10H2,1-3H3,(H,14,18). The first kappa shape index (κ1) is 14.7. The number of carbonyl (C=O) groups excluding carboxylic acids is 1. The van der Waals surface area contributed by atoms with E-state index in [0.717, 1.165) is 12.8 Å². The zero-order chi connectivity index (χ0) is 13.6. The first-order valence-electron chi connectivity index (χ1n) is 6.45. The van der Waals surface area contributed by atoms with Crippen LogP contribution in [0.25, 0.3) is 0 Å². The van der Waals surface area contributed by atoms with Crippen molar-refractivity contribution in [1.29, 1.82) is 0 Å². The lowest BCUT2D eigenvalue weighted by molar-refractivity contribution is 0.0898. The number of nitrogens with zero attached hydrogens (tertiary/aromatic N) is 2. The molecule has 0 bridgehead atoms. The highest BCUT2D eigenvalue weighted by molar-refractivity contribution is 5.92. The predicted octanol–water partition coefficient (Wildman–Crippen LogP) is 1.34. The van der Waals surface area contributed by atoms with Crippen molar-refractivity contribution in [2.75, 3.05) is 13.2 Å². The zero-order valence-corrected chi connectivity index (χ0v) is 11.4. The van der Waals surface area contributed by atoms with Crippen LogP contribution in [0.4, 0.5) is 0 Å². The molecule has 1 amide bonds. The Morgan fingerprint density at radius 3 is 2.61 bits per heavy atom. The Labute approximate surface area is 108 Å². The highest BCUT2D eigenvalue weighted by atomic mass is 16.3. The maximum absolute atomic E-state index is 12.0. The summed E-state index contributed by atoms with van der Waals surface area (Å²) in [7, 11) is 1.75. The number of rotatable bonds is 7. The molecule has 0 aliphatic heterocycles. The molecule has 0 fully saturated rings. The van der Waals surface area contributed by atoms with Gasteiger partial charge in [-0.05, 0) is 30.7 Å². The van der Waals surface area contributed by atoms with E-state index in [2.05, 4.69) is 24.3 Å². The van der Waals surface area contributed by atoms with E-state index in [0.29, 0.717) is 18.7 Å². The summed E-state index contributed by atoms with van der Waals surface area (Å²) < 4.78 is 1.56. The number of amides is 1. The van der Waals surface area contributed by atoms with E-state index in [-0.39, 0.29) is 17.9 Å². The molecule has 2 N–H and O–H groups in total. The molecule has 5 heteroatoms. The summed E-state index contributed by atoms with van der Waals surface area (Å²) in [6.07, 6.45) is 4.20. The van der Waals surface area contributed by atoms with Crippen LogP contribution in [-0.4, -0.2) is 33.9 Å². The fourth-order valence-electron chi connectivity index (χ4n) is 2.13. The van der Waals surface area contributed by atoms with Crippen LogP contribution in [0.1, 0.15) is 43.6 Å². The van der Waals surface area contributed by atoms with E-state index in [1.807, 2.05) is 0 Å². The van der Waals surface area contributed by atoms with Gasteiger partial charge < -0.3 is 10.4 Å². The van der Waals surface area contributed by atoms with Crippen LogP contribution in [0, 0.1) is 5.41 Å². The summed E-state index contributed by atoms with van der Waals surface area (Å²) in [5, 5.41) is 16.0. The fourth-order valence-corrected chi connectivity index (χ4v) is 2.13. The number of carbonyl (C=O) groups is 1. The molecule has 0 aromatic carbocycles. The van der Waals surface area contributed by atoms with Crippen LogP contribution in [0.3, 0.4) is 0 Å². The first-order chi connectivity index (χ1) is 8.58. The molecule has 0 radical (unpaired) electrons. The van der Waals surface area contributed by atoms with Gasteiger partial charge >= 0.3 is 0 Å². The van der Waals surface area contributed by atoms with Gasteiger partial charge in [0.05, 0.1) is 0 Å². The molecular weight excluding hydrogens is 230 g/mol. The van der Waals surface area contributed by atoms with Gasteiger partial charge in [0.1, 0.15) is 5.69 Å². The molecular formula is C13H23N3O2. The molecule has 5 nitrogen and oxygen atoms in total. The van der Waals surface area contributed by atoms with Gasteiger partial charge in [-0.15, -0.1) is 0 Å². The minimum atomic E-state index is -0.112. The van der Waals surface area contributed by atoms with Crippen molar-refractivity contribution in [3.63, 3.8) is 0 Å². The Balaban J connectivity index is 2.63. The van der Waals surface area contributed by atoms with Crippen LogP contribution in [0.5, 0.6) is 0 Å². The quantitative estimate of drug-likeness (QED) is 0.770. The highest BCUT2D eigenvalue weighted by Gasteiger charge is 2.26. The number of aryl methyl sites for hydroxylation is 1. The number of aromatic nitrogens is 2. The summed E-state index contributed by atoms with van der Waals surface area (Å²) in [4.78, 5) is 12.0. The van der Waals surface area contributed by atoms with Crippen molar-refractivity contribution in [3.8, 4) is 0 Å². The van der Waals surface area contributed by atoms with Gasteiger partial charge in [0, 0.05) is 26.4 Å². The van der Waals surface area contributed by atoms with Gasteiger partial charge in [-0.1, -0.05) is 13.8 Å². The fraction of sp³-hybridized carbons (Fsp3) is 0.692. The van der Waals surface area contributed by atoms with Crippen molar-refractivity contribution in [2.45, 2.75) is 33.1 Å². The Bertz CT molecular complexity index is 383. The zero-order valence-electron chi connectivity index (χ0n) is 11.4. The third kappa shape index (κ3) is 3.32. The van der Waals surface area contributed by atoms with Gasteiger partial charge in [0.15, 0.2) is 0 Å². The monoisotopic (exact) mass is 253 g/mol. The van der Waals surface area contributed by atoms with Crippen molar-refractivity contribution < 1.29 is 9.90 Å². The minimum Gasteiger partial charge on any atom is -0.396 e. The second-order valence-electron chi connectivity index (χ2n) is 4.70. The van der Waals surface area contributed by atoms with Gasteiger partial charge in [0.2, 0.25) is 0 Å². The smallest absolute Gasteiger partial charge is 0.269 e. The first-order valence-corrected chi connectivity index (χ1v) is 6.45. The Morgan fingerprint density at radius 1 is 1.50 bits per heavy atom. The summed E-state index contributed by atoms with van der Waals surface area (Å²) in [6, 6.07) is 1.70. The molecule has 1 rings (SSSR count). The molecule has 1 heterocycles.